The van der Waals surface area contributed by atoms with Gasteiger partial charge in [0.25, 0.3) is 0 Å². The molecule has 0 fully saturated rings. The van der Waals surface area contributed by atoms with Crippen molar-refractivity contribution in [2.45, 2.75) is 20.5 Å². The SMILES string of the molecule is COc1cc(/C(C)=N/NC(=O)C(=O)Nc2cccc(Cl)c2C)ccc1OCc1c(F)cccc1Cl. The molecule has 3 aromatic rings. The first-order valence-corrected chi connectivity index (χ1v) is 11.1. The van der Waals surface area contributed by atoms with Crippen LogP contribution in [0.3, 0.4) is 0 Å². The lowest BCUT2D eigenvalue weighted by atomic mass is 10.1. The van der Waals surface area contributed by atoms with Crippen LogP contribution in [0.2, 0.25) is 10.0 Å². The first kappa shape index (κ1) is 26.0. The van der Waals surface area contributed by atoms with Crippen LogP contribution in [0.1, 0.15) is 23.6 Å². The molecule has 10 heteroatoms. The van der Waals surface area contributed by atoms with Crippen LogP contribution in [-0.4, -0.2) is 24.6 Å². The van der Waals surface area contributed by atoms with E-state index in [0.717, 1.165) is 0 Å². The van der Waals surface area contributed by atoms with Crippen LogP contribution >= 0.6 is 23.2 Å². The van der Waals surface area contributed by atoms with Crippen LogP contribution in [0.25, 0.3) is 0 Å². The number of hydrazone groups is 1. The molecule has 7 nitrogen and oxygen atoms in total. The van der Waals surface area contributed by atoms with E-state index in [4.69, 9.17) is 32.7 Å². The maximum Gasteiger partial charge on any atom is 0.329 e. The molecule has 0 aliphatic carbocycles. The van der Waals surface area contributed by atoms with E-state index >= 15 is 0 Å². The monoisotopic (exact) mass is 517 g/mol. The molecule has 0 unspecified atom stereocenters. The lowest BCUT2D eigenvalue weighted by Crippen LogP contribution is -2.33. The Morgan fingerprint density at radius 1 is 1.00 bits per heavy atom. The molecule has 0 atom stereocenters. The maximum absolute atomic E-state index is 14.0. The number of methoxy groups -OCH3 is 1. The van der Waals surface area contributed by atoms with Gasteiger partial charge in [0.1, 0.15) is 12.4 Å². The summed E-state index contributed by atoms with van der Waals surface area (Å²) in [5, 5.41) is 7.21. The quantitative estimate of drug-likeness (QED) is 0.245. The standard InChI is InChI=1S/C25H22Cl2FN3O4/c1-14-18(26)6-5-9-21(14)29-24(32)25(33)31-30-15(2)16-10-11-22(23(12-16)34-3)35-13-17-19(27)7-4-8-20(17)28/h4-12H,13H2,1-3H3,(H,29,32)(H,31,33)/b30-15+. The van der Waals surface area contributed by atoms with Crippen LogP contribution in [0, 0.1) is 12.7 Å². The number of nitrogens with zero attached hydrogens (tertiary/aromatic N) is 1. The zero-order valence-electron chi connectivity index (χ0n) is 19.1. The van der Waals surface area contributed by atoms with Crippen molar-refractivity contribution in [3.63, 3.8) is 0 Å². The molecule has 0 aliphatic heterocycles. The number of ether oxygens (including phenoxy) is 2. The highest BCUT2D eigenvalue weighted by molar-refractivity contribution is 6.40. The Hall–Kier alpha value is -3.62. The number of carbonyl (C=O) groups excluding carboxylic acids is 2. The molecule has 0 saturated carbocycles. The van der Waals surface area contributed by atoms with E-state index in [0.29, 0.717) is 39.0 Å². The number of benzene rings is 3. The van der Waals surface area contributed by atoms with Crippen molar-refractivity contribution in [3.05, 3.63) is 87.2 Å². The van der Waals surface area contributed by atoms with Crippen LogP contribution in [0.15, 0.2) is 59.7 Å². The molecule has 3 aromatic carbocycles. The minimum atomic E-state index is -0.947. The van der Waals surface area contributed by atoms with Crippen molar-refractivity contribution >= 4 is 46.4 Å². The van der Waals surface area contributed by atoms with Crippen LogP contribution in [-0.2, 0) is 16.2 Å². The zero-order chi connectivity index (χ0) is 25.5. The summed E-state index contributed by atoms with van der Waals surface area (Å²) in [5.74, 6) is -1.58. The Balaban J connectivity index is 1.66. The van der Waals surface area contributed by atoms with Gasteiger partial charge in [-0.15, -0.1) is 0 Å². The van der Waals surface area contributed by atoms with Gasteiger partial charge in [0.05, 0.1) is 17.8 Å². The predicted octanol–water partition coefficient (Wildman–Crippen LogP) is 5.51. The first-order valence-electron chi connectivity index (χ1n) is 10.4. The van der Waals surface area contributed by atoms with E-state index in [1.807, 2.05) is 0 Å². The molecule has 182 valence electrons. The molecule has 2 amide bonds. The van der Waals surface area contributed by atoms with E-state index in [-0.39, 0.29) is 17.2 Å². The summed E-state index contributed by atoms with van der Waals surface area (Å²) in [4.78, 5) is 24.4. The second-order valence-corrected chi connectivity index (χ2v) is 8.17. The highest BCUT2D eigenvalue weighted by atomic mass is 35.5. The lowest BCUT2D eigenvalue weighted by molar-refractivity contribution is -0.136. The van der Waals surface area contributed by atoms with Crippen molar-refractivity contribution < 1.29 is 23.5 Å². The number of hydrogen-bond acceptors (Lipinski definition) is 5. The molecule has 0 radical (unpaired) electrons. The molecule has 35 heavy (non-hydrogen) atoms. The Morgan fingerprint density at radius 3 is 2.43 bits per heavy atom. The van der Waals surface area contributed by atoms with E-state index in [1.54, 1.807) is 56.3 Å². The Kier molecular flexibility index (Phi) is 8.68. The summed E-state index contributed by atoms with van der Waals surface area (Å²) in [6.45, 7) is 3.28. The Labute approximate surface area is 211 Å². The van der Waals surface area contributed by atoms with Gasteiger partial charge in [0.2, 0.25) is 0 Å². The maximum atomic E-state index is 14.0. The highest BCUT2D eigenvalue weighted by Gasteiger charge is 2.16. The molecule has 0 heterocycles. The predicted molar refractivity (Wildman–Crippen MR) is 134 cm³/mol. The summed E-state index contributed by atoms with van der Waals surface area (Å²) in [6.07, 6.45) is 0. The summed E-state index contributed by atoms with van der Waals surface area (Å²) in [6, 6.07) is 14.3. The lowest BCUT2D eigenvalue weighted by Gasteiger charge is -2.13. The van der Waals surface area contributed by atoms with E-state index in [9.17, 15) is 14.0 Å². The van der Waals surface area contributed by atoms with E-state index in [1.165, 1.54) is 19.2 Å². The highest BCUT2D eigenvalue weighted by Crippen LogP contribution is 2.30. The number of halogens is 3. The van der Waals surface area contributed by atoms with Crippen LogP contribution < -0.4 is 20.2 Å². The van der Waals surface area contributed by atoms with Gasteiger partial charge < -0.3 is 14.8 Å². The topological polar surface area (TPSA) is 89.0 Å². The van der Waals surface area contributed by atoms with Gasteiger partial charge in [0, 0.05) is 21.8 Å². The van der Waals surface area contributed by atoms with Gasteiger partial charge in [-0.3, -0.25) is 9.59 Å². The van der Waals surface area contributed by atoms with Crippen molar-refractivity contribution in [1.82, 2.24) is 5.43 Å². The summed E-state index contributed by atoms with van der Waals surface area (Å²) in [5.41, 5.74) is 4.53. The van der Waals surface area contributed by atoms with Gasteiger partial charge in [-0.05, 0) is 61.9 Å². The third-order valence-electron chi connectivity index (χ3n) is 5.06. The van der Waals surface area contributed by atoms with Crippen molar-refractivity contribution in [2.24, 2.45) is 5.10 Å². The molecular weight excluding hydrogens is 496 g/mol. The number of hydrogen-bond donors (Lipinski definition) is 2. The number of nitrogens with one attached hydrogen (secondary N) is 2. The third-order valence-corrected chi connectivity index (χ3v) is 5.83. The molecule has 0 spiro atoms. The second-order valence-electron chi connectivity index (χ2n) is 7.36. The fourth-order valence-corrected chi connectivity index (χ4v) is 3.40. The molecule has 0 aliphatic rings. The molecule has 2 N–H and O–H groups in total. The Bertz CT molecular complexity index is 1280. The average molecular weight is 518 g/mol. The fourth-order valence-electron chi connectivity index (χ4n) is 3.00. The van der Waals surface area contributed by atoms with Crippen LogP contribution in [0.4, 0.5) is 10.1 Å². The van der Waals surface area contributed by atoms with Crippen molar-refractivity contribution in [3.8, 4) is 11.5 Å². The molecular formula is C25H22Cl2FN3O4. The van der Waals surface area contributed by atoms with Crippen LogP contribution in [0.5, 0.6) is 11.5 Å². The third kappa shape index (κ3) is 6.49. The van der Waals surface area contributed by atoms with Gasteiger partial charge in [0.15, 0.2) is 11.5 Å². The molecule has 0 bridgehead atoms. The number of amides is 2. The average Bonchev–Trinajstić information content (AvgIpc) is 2.84. The van der Waals surface area contributed by atoms with Gasteiger partial charge in [-0.1, -0.05) is 35.3 Å². The van der Waals surface area contributed by atoms with E-state index in [2.05, 4.69) is 15.8 Å². The van der Waals surface area contributed by atoms with Gasteiger partial charge >= 0.3 is 11.8 Å². The normalized spacial score (nSPS) is 11.1. The Morgan fingerprint density at radius 2 is 1.71 bits per heavy atom. The fraction of sp³-hybridized carbons (Fsp3) is 0.160. The summed E-state index contributed by atoms with van der Waals surface area (Å²) in [7, 11) is 1.46. The molecule has 3 rings (SSSR count). The van der Waals surface area contributed by atoms with Gasteiger partial charge in [-0.25, -0.2) is 9.82 Å². The number of anilines is 1. The zero-order valence-corrected chi connectivity index (χ0v) is 20.6. The minimum Gasteiger partial charge on any atom is -0.493 e. The minimum absolute atomic E-state index is 0.0917. The summed E-state index contributed by atoms with van der Waals surface area (Å²) >= 11 is 12.1. The van der Waals surface area contributed by atoms with E-state index < -0.39 is 17.6 Å². The molecule has 0 aromatic heterocycles. The molecule has 0 saturated heterocycles. The number of carbonyl (C=O) groups is 2. The van der Waals surface area contributed by atoms with Gasteiger partial charge in [-0.2, -0.15) is 5.10 Å². The van der Waals surface area contributed by atoms with Crippen molar-refractivity contribution in [2.75, 3.05) is 12.4 Å². The largest absolute Gasteiger partial charge is 0.493 e. The number of rotatable bonds is 7. The smallest absolute Gasteiger partial charge is 0.329 e. The second kappa shape index (κ2) is 11.7. The summed E-state index contributed by atoms with van der Waals surface area (Å²) < 4.78 is 25.1. The van der Waals surface area contributed by atoms with Crippen molar-refractivity contribution in [1.29, 1.82) is 0 Å². The first-order chi connectivity index (χ1) is 16.7.